The van der Waals surface area contributed by atoms with Crippen molar-refractivity contribution in [2.75, 3.05) is 25.0 Å². The normalized spacial score (nSPS) is 16.4. The number of pyridine rings is 1. The van der Waals surface area contributed by atoms with E-state index in [0.29, 0.717) is 5.69 Å². The van der Waals surface area contributed by atoms with E-state index in [2.05, 4.69) is 26.1 Å². The summed E-state index contributed by atoms with van der Waals surface area (Å²) in [7, 11) is 1.88. The van der Waals surface area contributed by atoms with Crippen molar-refractivity contribution in [1.29, 1.82) is 0 Å². The molecule has 1 amide bonds. The first kappa shape index (κ1) is 16.2. The van der Waals surface area contributed by atoms with Crippen LogP contribution in [0.25, 0.3) is 5.65 Å². The van der Waals surface area contributed by atoms with Crippen LogP contribution in [-0.2, 0) is 12.8 Å². The van der Waals surface area contributed by atoms with Gasteiger partial charge < -0.3 is 9.80 Å². The van der Waals surface area contributed by atoms with Crippen molar-refractivity contribution in [1.82, 2.24) is 24.5 Å². The number of rotatable bonds is 3. The Labute approximate surface area is 157 Å². The molecule has 7 nitrogen and oxygen atoms in total. The zero-order chi connectivity index (χ0) is 18.5. The van der Waals surface area contributed by atoms with E-state index in [1.165, 1.54) is 12.0 Å². The molecule has 0 N–H and O–H groups in total. The predicted octanol–water partition coefficient (Wildman–Crippen LogP) is 1.88. The second kappa shape index (κ2) is 6.04. The number of hydrogen-bond donors (Lipinski definition) is 0. The number of aromatic nitrogens is 4. The van der Waals surface area contributed by atoms with Crippen molar-refractivity contribution in [3.8, 4) is 0 Å². The Morgan fingerprint density at radius 3 is 2.93 bits per heavy atom. The summed E-state index contributed by atoms with van der Waals surface area (Å²) in [6.45, 7) is 3.46. The van der Waals surface area contributed by atoms with E-state index < -0.39 is 0 Å². The minimum absolute atomic E-state index is 0.0101. The monoisotopic (exact) mass is 362 g/mol. The summed E-state index contributed by atoms with van der Waals surface area (Å²) < 4.78 is 1.87. The molecular weight excluding hydrogens is 340 g/mol. The van der Waals surface area contributed by atoms with E-state index in [9.17, 15) is 4.79 Å². The quantitative estimate of drug-likeness (QED) is 0.712. The van der Waals surface area contributed by atoms with Crippen LogP contribution in [0, 0.1) is 6.92 Å². The summed E-state index contributed by atoms with van der Waals surface area (Å²) in [4.78, 5) is 21.6. The van der Waals surface area contributed by atoms with Crippen LogP contribution in [0.1, 0.15) is 33.9 Å². The maximum Gasteiger partial charge on any atom is 0.272 e. The molecule has 1 aliphatic carbocycles. The largest absolute Gasteiger partial charge is 0.351 e. The molecule has 0 aromatic carbocycles. The maximum atomic E-state index is 13.1. The lowest BCUT2D eigenvalue weighted by molar-refractivity contribution is 0.0697. The fourth-order valence-electron chi connectivity index (χ4n) is 4.06. The number of amides is 1. The Kier molecular flexibility index (Phi) is 3.63. The summed E-state index contributed by atoms with van der Waals surface area (Å²) >= 11 is 0. The average molecular weight is 362 g/mol. The average Bonchev–Trinajstić information content (AvgIpc) is 3.22. The fraction of sp³-hybridized carbons (Fsp3) is 0.400. The summed E-state index contributed by atoms with van der Waals surface area (Å²) in [5.41, 5.74) is 4.68. The molecule has 0 atom stereocenters. The van der Waals surface area contributed by atoms with E-state index in [1.54, 1.807) is 0 Å². The lowest BCUT2D eigenvalue weighted by atomic mass is 10.1. The van der Waals surface area contributed by atoms with Gasteiger partial charge in [0.2, 0.25) is 0 Å². The van der Waals surface area contributed by atoms with Gasteiger partial charge in [-0.3, -0.25) is 9.20 Å². The smallest absolute Gasteiger partial charge is 0.272 e. The van der Waals surface area contributed by atoms with Crippen LogP contribution < -0.4 is 4.90 Å². The van der Waals surface area contributed by atoms with Crippen LogP contribution in [0.15, 0.2) is 30.5 Å². The number of nitrogens with zero attached hydrogens (tertiary/aromatic N) is 6. The topological polar surface area (TPSA) is 66.6 Å². The van der Waals surface area contributed by atoms with E-state index in [1.807, 2.05) is 47.7 Å². The molecular formula is C20H22N6O. The highest BCUT2D eigenvalue weighted by Crippen LogP contribution is 2.27. The van der Waals surface area contributed by atoms with Crippen LogP contribution in [0.5, 0.6) is 0 Å². The highest BCUT2D eigenvalue weighted by molar-refractivity contribution is 5.95. The number of imidazole rings is 1. The Balaban J connectivity index is 1.32. The maximum absolute atomic E-state index is 13.1. The molecule has 27 heavy (non-hydrogen) atoms. The number of anilines is 1. The van der Waals surface area contributed by atoms with Crippen molar-refractivity contribution in [2.45, 2.75) is 32.2 Å². The van der Waals surface area contributed by atoms with Crippen LogP contribution in [-0.4, -0.2) is 56.6 Å². The molecule has 138 valence electrons. The van der Waals surface area contributed by atoms with Crippen molar-refractivity contribution in [2.24, 2.45) is 0 Å². The number of hydrogen-bond acceptors (Lipinski definition) is 5. The summed E-state index contributed by atoms with van der Waals surface area (Å²) in [6, 6.07) is 8.11. The van der Waals surface area contributed by atoms with E-state index in [4.69, 9.17) is 0 Å². The van der Waals surface area contributed by atoms with Gasteiger partial charge in [-0.2, -0.15) is 5.10 Å². The lowest BCUT2D eigenvalue weighted by Gasteiger charge is -2.44. The first-order chi connectivity index (χ1) is 13.1. The molecule has 1 fully saturated rings. The Bertz CT molecular complexity index is 1040. The van der Waals surface area contributed by atoms with Gasteiger partial charge in [0.1, 0.15) is 11.3 Å². The SMILES string of the molecule is Cc1nc2ccccn2c1C(=O)N(C)C1CN(c2cc3c(nn2)CCC3)C1. The van der Waals surface area contributed by atoms with Gasteiger partial charge in [0.15, 0.2) is 5.82 Å². The van der Waals surface area contributed by atoms with Crippen molar-refractivity contribution >= 4 is 17.4 Å². The number of aryl methyl sites for hydroxylation is 3. The number of fused-ring (bicyclic) bond motifs is 2. The van der Waals surface area contributed by atoms with Gasteiger partial charge in [-0.1, -0.05) is 6.07 Å². The molecule has 3 aromatic heterocycles. The Morgan fingerprint density at radius 2 is 2.07 bits per heavy atom. The van der Waals surface area contributed by atoms with Crippen LogP contribution >= 0.6 is 0 Å². The van der Waals surface area contributed by atoms with Gasteiger partial charge in [0.05, 0.1) is 17.4 Å². The molecule has 3 aromatic rings. The van der Waals surface area contributed by atoms with Gasteiger partial charge >= 0.3 is 0 Å². The second-order valence-corrected chi connectivity index (χ2v) is 7.48. The highest BCUT2D eigenvalue weighted by Gasteiger charge is 2.35. The fourth-order valence-corrected chi connectivity index (χ4v) is 4.06. The number of carbonyl (C=O) groups is 1. The van der Waals surface area contributed by atoms with Gasteiger partial charge in [0.25, 0.3) is 5.91 Å². The first-order valence-corrected chi connectivity index (χ1v) is 9.43. The summed E-state index contributed by atoms with van der Waals surface area (Å²) in [5, 5.41) is 8.74. The van der Waals surface area contributed by atoms with Gasteiger partial charge in [-0.15, -0.1) is 5.10 Å². The van der Waals surface area contributed by atoms with Crippen molar-refractivity contribution < 1.29 is 4.79 Å². The lowest BCUT2D eigenvalue weighted by Crippen LogP contribution is -2.60. The molecule has 1 aliphatic heterocycles. The summed E-state index contributed by atoms with van der Waals surface area (Å²) in [6.07, 6.45) is 5.21. The third-order valence-electron chi connectivity index (χ3n) is 5.77. The van der Waals surface area contributed by atoms with E-state index >= 15 is 0 Å². The molecule has 5 rings (SSSR count). The van der Waals surface area contributed by atoms with Crippen LogP contribution in [0.4, 0.5) is 5.82 Å². The number of likely N-dealkylation sites (N-methyl/N-ethyl adjacent to an activating group) is 1. The van der Waals surface area contributed by atoms with E-state index in [0.717, 1.165) is 48.8 Å². The molecule has 0 radical (unpaired) electrons. The molecule has 7 heteroatoms. The van der Waals surface area contributed by atoms with Crippen LogP contribution in [0.2, 0.25) is 0 Å². The van der Waals surface area contributed by atoms with Crippen LogP contribution in [0.3, 0.4) is 0 Å². The molecule has 4 heterocycles. The highest BCUT2D eigenvalue weighted by atomic mass is 16.2. The predicted molar refractivity (Wildman–Crippen MR) is 102 cm³/mol. The molecule has 0 bridgehead atoms. The zero-order valence-electron chi connectivity index (χ0n) is 15.6. The van der Waals surface area contributed by atoms with Gasteiger partial charge in [0, 0.05) is 26.3 Å². The Hall–Kier alpha value is -2.96. The summed E-state index contributed by atoms with van der Waals surface area (Å²) in [5.74, 6) is 0.939. The second-order valence-electron chi connectivity index (χ2n) is 7.48. The third-order valence-corrected chi connectivity index (χ3v) is 5.77. The molecule has 0 saturated carbocycles. The molecule has 1 saturated heterocycles. The van der Waals surface area contributed by atoms with E-state index in [-0.39, 0.29) is 11.9 Å². The van der Waals surface area contributed by atoms with Crippen molar-refractivity contribution in [3.63, 3.8) is 0 Å². The first-order valence-electron chi connectivity index (χ1n) is 9.43. The number of carbonyl (C=O) groups excluding carboxylic acids is 1. The Morgan fingerprint density at radius 1 is 1.22 bits per heavy atom. The molecule has 2 aliphatic rings. The van der Waals surface area contributed by atoms with Gasteiger partial charge in [-0.05, 0) is 49.9 Å². The third kappa shape index (κ3) is 2.57. The molecule has 0 spiro atoms. The van der Waals surface area contributed by atoms with Crippen molar-refractivity contribution in [3.05, 3.63) is 53.1 Å². The standard InChI is InChI=1S/C20H22N6O/c1-13-19(26-9-4-3-8-17(26)21-13)20(27)24(2)15-11-25(12-15)18-10-14-6-5-7-16(14)22-23-18/h3-4,8-10,15H,5-7,11-12H2,1-2H3. The minimum atomic E-state index is 0.0101. The zero-order valence-corrected chi connectivity index (χ0v) is 15.6. The minimum Gasteiger partial charge on any atom is -0.351 e. The van der Waals surface area contributed by atoms with Gasteiger partial charge in [-0.25, -0.2) is 4.98 Å². The molecule has 0 unspecified atom stereocenters.